The van der Waals surface area contributed by atoms with E-state index in [1.54, 1.807) is 19.2 Å². The Kier molecular flexibility index (Phi) is 6.26. The summed E-state index contributed by atoms with van der Waals surface area (Å²) in [6, 6.07) is 1.77. The Labute approximate surface area is 118 Å². The maximum atomic E-state index is 12.6. The minimum Gasteiger partial charge on any atom is -0.361 e. The maximum absolute atomic E-state index is 12.6. The van der Waals surface area contributed by atoms with Crippen molar-refractivity contribution < 1.29 is 13.2 Å². The van der Waals surface area contributed by atoms with Crippen molar-refractivity contribution >= 4 is 5.69 Å². The molecule has 0 amide bonds. The van der Waals surface area contributed by atoms with Crippen LogP contribution in [-0.4, -0.2) is 30.8 Å². The summed E-state index contributed by atoms with van der Waals surface area (Å²) in [5, 5.41) is 3.25. The van der Waals surface area contributed by atoms with E-state index in [2.05, 4.69) is 24.1 Å². The predicted octanol–water partition coefficient (Wildman–Crippen LogP) is 3.22. The Morgan fingerprint density at radius 1 is 1.35 bits per heavy atom. The van der Waals surface area contributed by atoms with Crippen LogP contribution in [0.25, 0.3) is 0 Å². The second kappa shape index (κ2) is 7.47. The van der Waals surface area contributed by atoms with Gasteiger partial charge in [0, 0.05) is 19.3 Å². The topological polar surface area (TPSA) is 28.2 Å². The molecule has 0 fully saturated rings. The smallest absolute Gasteiger partial charge is 0.361 e. The van der Waals surface area contributed by atoms with Gasteiger partial charge in [0.15, 0.2) is 0 Å². The number of nitrogens with zero attached hydrogens (tertiary/aromatic N) is 2. The van der Waals surface area contributed by atoms with Crippen LogP contribution in [0.15, 0.2) is 18.5 Å². The first-order valence-electron chi connectivity index (χ1n) is 6.78. The summed E-state index contributed by atoms with van der Waals surface area (Å²) >= 11 is 0. The fourth-order valence-electron chi connectivity index (χ4n) is 1.93. The Bertz CT molecular complexity index is 405. The molecule has 0 aliphatic heterocycles. The van der Waals surface area contributed by atoms with Crippen LogP contribution in [0.1, 0.15) is 26.3 Å². The highest BCUT2D eigenvalue weighted by Crippen LogP contribution is 2.24. The molecular weight excluding hydrogens is 267 g/mol. The Balaban J connectivity index is 2.81. The van der Waals surface area contributed by atoms with Gasteiger partial charge < -0.3 is 10.2 Å². The molecule has 0 aliphatic rings. The van der Waals surface area contributed by atoms with Gasteiger partial charge in [0.1, 0.15) is 6.54 Å². The normalized spacial score (nSPS) is 11.9. The van der Waals surface area contributed by atoms with Crippen LogP contribution in [0.2, 0.25) is 0 Å². The molecule has 6 heteroatoms. The van der Waals surface area contributed by atoms with Gasteiger partial charge in [0.25, 0.3) is 0 Å². The standard InChI is InChI=1S/C14H22F3N3/c1-4-20(10-14(15,16)17)13-9-18-6-5-12(13)8-19-7-11(2)3/h5-6,9,11,19H,4,7-8,10H2,1-3H3. The van der Waals surface area contributed by atoms with Crippen molar-refractivity contribution in [2.75, 3.05) is 24.5 Å². The highest BCUT2D eigenvalue weighted by atomic mass is 19.4. The third kappa shape index (κ3) is 5.77. The van der Waals surface area contributed by atoms with Gasteiger partial charge in [0.05, 0.1) is 11.9 Å². The molecule has 0 aliphatic carbocycles. The van der Waals surface area contributed by atoms with E-state index in [0.29, 0.717) is 24.7 Å². The van der Waals surface area contributed by atoms with Gasteiger partial charge in [-0.3, -0.25) is 4.98 Å². The minimum absolute atomic E-state index is 0.294. The Morgan fingerprint density at radius 3 is 2.60 bits per heavy atom. The summed E-state index contributed by atoms with van der Waals surface area (Å²) < 4.78 is 37.8. The van der Waals surface area contributed by atoms with E-state index in [4.69, 9.17) is 0 Å². The Hall–Kier alpha value is -1.30. The molecule has 3 nitrogen and oxygen atoms in total. The lowest BCUT2D eigenvalue weighted by Crippen LogP contribution is -2.35. The molecule has 1 N–H and O–H groups in total. The summed E-state index contributed by atoms with van der Waals surface area (Å²) in [5.41, 5.74) is 1.38. The SMILES string of the molecule is CCN(CC(F)(F)F)c1cnccc1CNCC(C)C. The summed E-state index contributed by atoms with van der Waals surface area (Å²) in [5.74, 6) is 0.498. The first-order valence-corrected chi connectivity index (χ1v) is 6.78. The van der Waals surface area contributed by atoms with Crippen molar-refractivity contribution in [2.24, 2.45) is 5.92 Å². The molecule has 0 aromatic carbocycles. The van der Waals surface area contributed by atoms with E-state index >= 15 is 0 Å². The number of hydrogen-bond donors (Lipinski definition) is 1. The van der Waals surface area contributed by atoms with E-state index < -0.39 is 12.7 Å². The van der Waals surface area contributed by atoms with E-state index in [1.165, 1.54) is 11.1 Å². The predicted molar refractivity (Wildman–Crippen MR) is 74.7 cm³/mol. The fourth-order valence-corrected chi connectivity index (χ4v) is 1.93. The number of pyridine rings is 1. The first-order chi connectivity index (χ1) is 9.33. The molecule has 0 radical (unpaired) electrons. The number of aromatic nitrogens is 1. The molecular formula is C14H22F3N3. The number of anilines is 1. The number of nitrogens with one attached hydrogen (secondary N) is 1. The number of hydrogen-bond acceptors (Lipinski definition) is 3. The molecule has 0 bridgehead atoms. The molecule has 0 saturated carbocycles. The van der Waals surface area contributed by atoms with Crippen molar-refractivity contribution in [3.8, 4) is 0 Å². The molecule has 1 aromatic heterocycles. The first kappa shape index (κ1) is 16.8. The molecule has 1 aromatic rings. The van der Waals surface area contributed by atoms with Gasteiger partial charge in [-0.25, -0.2) is 0 Å². The second-order valence-corrected chi connectivity index (χ2v) is 5.16. The quantitative estimate of drug-likeness (QED) is 0.835. The molecule has 1 rings (SSSR count). The van der Waals surface area contributed by atoms with E-state index in [9.17, 15) is 13.2 Å². The van der Waals surface area contributed by atoms with Gasteiger partial charge in [-0.15, -0.1) is 0 Å². The van der Waals surface area contributed by atoms with Crippen molar-refractivity contribution in [1.29, 1.82) is 0 Å². The molecule has 0 spiro atoms. The van der Waals surface area contributed by atoms with E-state index in [0.717, 1.165) is 12.1 Å². The number of rotatable bonds is 7. The molecule has 0 unspecified atom stereocenters. The molecule has 0 saturated heterocycles. The van der Waals surface area contributed by atoms with Crippen LogP contribution in [-0.2, 0) is 6.54 Å². The zero-order chi connectivity index (χ0) is 15.2. The van der Waals surface area contributed by atoms with Gasteiger partial charge in [-0.1, -0.05) is 13.8 Å². The zero-order valence-electron chi connectivity index (χ0n) is 12.2. The van der Waals surface area contributed by atoms with Crippen molar-refractivity contribution in [2.45, 2.75) is 33.5 Å². The van der Waals surface area contributed by atoms with E-state index in [-0.39, 0.29) is 0 Å². The molecule has 114 valence electrons. The summed E-state index contributed by atoms with van der Waals surface area (Å²) in [6.45, 7) is 6.60. The van der Waals surface area contributed by atoms with E-state index in [1.807, 2.05) is 0 Å². The Morgan fingerprint density at radius 2 is 2.05 bits per heavy atom. The third-order valence-electron chi connectivity index (χ3n) is 2.85. The van der Waals surface area contributed by atoms with Crippen LogP contribution < -0.4 is 10.2 Å². The number of halogens is 3. The average Bonchev–Trinajstić information content (AvgIpc) is 2.35. The lowest BCUT2D eigenvalue weighted by atomic mass is 10.2. The largest absolute Gasteiger partial charge is 0.405 e. The van der Waals surface area contributed by atoms with Crippen LogP contribution >= 0.6 is 0 Å². The van der Waals surface area contributed by atoms with Gasteiger partial charge in [-0.05, 0) is 31.0 Å². The van der Waals surface area contributed by atoms with Crippen molar-refractivity contribution in [1.82, 2.24) is 10.3 Å². The second-order valence-electron chi connectivity index (χ2n) is 5.16. The molecule has 20 heavy (non-hydrogen) atoms. The van der Waals surface area contributed by atoms with Gasteiger partial charge >= 0.3 is 6.18 Å². The van der Waals surface area contributed by atoms with Gasteiger partial charge in [0.2, 0.25) is 0 Å². The number of alkyl halides is 3. The third-order valence-corrected chi connectivity index (χ3v) is 2.85. The fraction of sp³-hybridized carbons (Fsp3) is 0.643. The summed E-state index contributed by atoms with van der Waals surface area (Å²) in [4.78, 5) is 5.26. The van der Waals surface area contributed by atoms with Gasteiger partial charge in [-0.2, -0.15) is 13.2 Å². The van der Waals surface area contributed by atoms with Crippen LogP contribution in [0.3, 0.4) is 0 Å². The lowest BCUT2D eigenvalue weighted by molar-refractivity contribution is -0.119. The average molecular weight is 289 g/mol. The zero-order valence-corrected chi connectivity index (χ0v) is 12.2. The lowest BCUT2D eigenvalue weighted by Gasteiger charge is -2.26. The monoisotopic (exact) mass is 289 g/mol. The summed E-state index contributed by atoms with van der Waals surface area (Å²) in [7, 11) is 0. The van der Waals surface area contributed by atoms with Crippen molar-refractivity contribution in [3.05, 3.63) is 24.0 Å². The highest BCUT2D eigenvalue weighted by Gasteiger charge is 2.31. The van der Waals surface area contributed by atoms with Crippen LogP contribution in [0.5, 0.6) is 0 Å². The minimum atomic E-state index is -4.21. The maximum Gasteiger partial charge on any atom is 0.405 e. The van der Waals surface area contributed by atoms with Crippen LogP contribution in [0, 0.1) is 5.92 Å². The molecule has 1 heterocycles. The van der Waals surface area contributed by atoms with Crippen molar-refractivity contribution in [3.63, 3.8) is 0 Å². The van der Waals surface area contributed by atoms with Crippen LogP contribution in [0.4, 0.5) is 18.9 Å². The molecule has 0 atom stereocenters. The highest BCUT2D eigenvalue weighted by molar-refractivity contribution is 5.51. The summed E-state index contributed by atoms with van der Waals surface area (Å²) in [6.07, 6.45) is -1.10.